The Balaban J connectivity index is 2.74. The quantitative estimate of drug-likeness (QED) is 0.857. The van der Waals surface area contributed by atoms with E-state index in [2.05, 4.69) is 40.1 Å². The Bertz CT molecular complexity index is 426. The molecule has 17 heavy (non-hydrogen) atoms. The zero-order chi connectivity index (χ0) is 13.1. The zero-order valence-corrected chi connectivity index (χ0v) is 13.0. The van der Waals surface area contributed by atoms with Crippen LogP contribution >= 0.6 is 39.3 Å². The van der Waals surface area contributed by atoms with E-state index in [4.69, 9.17) is 11.6 Å². The Morgan fingerprint density at radius 1 is 1.65 bits per heavy atom. The fourth-order valence-corrected chi connectivity index (χ4v) is 1.78. The Labute approximate surface area is 119 Å². The summed E-state index contributed by atoms with van der Waals surface area (Å²) in [7, 11) is 0. The van der Waals surface area contributed by atoms with Crippen LogP contribution in [0.25, 0.3) is 0 Å². The molecule has 0 saturated heterocycles. The summed E-state index contributed by atoms with van der Waals surface area (Å²) in [6.07, 6.45) is 3.57. The van der Waals surface area contributed by atoms with Gasteiger partial charge in [0, 0.05) is 22.0 Å². The van der Waals surface area contributed by atoms with Gasteiger partial charge in [-0.05, 0) is 42.1 Å². The Kier molecular flexibility index (Phi) is 5.28. The lowest BCUT2D eigenvalue weighted by Gasteiger charge is -2.22. The monoisotopic (exact) mass is 336 g/mol. The number of nitrogens with zero attached hydrogens (tertiary/aromatic N) is 1. The van der Waals surface area contributed by atoms with Gasteiger partial charge in [-0.15, -0.1) is 0 Å². The summed E-state index contributed by atoms with van der Waals surface area (Å²) in [5.74, 6) is -0.203. The maximum Gasteiger partial charge on any atom is 0.254 e. The van der Waals surface area contributed by atoms with E-state index in [0.29, 0.717) is 12.1 Å². The van der Waals surface area contributed by atoms with Crippen molar-refractivity contribution in [2.45, 2.75) is 18.6 Å². The van der Waals surface area contributed by atoms with E-state index in [0.717, 1.165) is 4.47 Å². The number of hydrogen-bond donors (Lipinski definition) is 1. The summed E-state index contributed by atoms with van der Waals surface area (Å²) in [5.41, 5.74) is 0.387. The molecule has 0 unspecified atom stereocenters. The molecule has 6 heteroatoms. The van der Waals surface area contributed by atoms with Crippen LogP contribution < -0.4 is 5.32 Å². The van der Waals surface area contributed by atoms with Gasteiger partial charge in [0.25, 0.3) is 5.91 Å². The lowest BCUT2D eigenvalue weighted by Crippen LogP contribution is -2.36. The summed E-state index contributed by atoms with van der Waals surface area (Å²) < 4.78 is 0.734. The highest BCUT2D eigenvalue weighted by atomic mass is 79.9. The molecule has 1 aromatic rings. The van der Waals surface area contributed by atoms with Crippen LogP contribution in [0.1, 0.15) is 24.2 Å². The average Bonchev–Trinajstić information content (AvgIpc) is 2.29. The molecule has 94 valence electrons. The largest absolute Gasteiger partial charge is 0.351 e. The maximum atomic E-state index is 11.9. The number of amides is 1. The Morgan fingerprint density at radius 2 is 2.29 bits per heavy atom. The molecule has 1 N–H and O–H groups in total. The lowest BCUT2D eigenvalue weighted by molar-refractivity contribution is 0.0950. The number of carbonyl (C=O) groups excluding carboxylic acids is 1. The molecule has 0 fully saturated rings. The standard InChI is InChI=1S/C11H14BrClN2OS/c1-11(2,17-3)6-15-10(16)8-4-7(12)5-14-9(8)13/h4-5H,6H2,1-3H3,(H,15,16). The van der Waals surface area contributed by atoms with Crippen LogP contribution in [0, 0.1) is 0 Å². The van der Waals surface area contributed by atoms with Gasteiger partial charge in [0.15, 0.2) is 0 Å². The van der Waals surface area contributed by atoms with Crippen LogP contribution in [0.15, 0.2) is 16.7 Å². The second-order valence-electron chi connectivity index (χ2n) is 4.14. The minimum Gasteiger partial charge on any atom is -0.351 e. The molecule has 0 saturated carbocycles. The fraction of sp³-hybridized carbons (Fsp3) is 0.455. The van der Waals surface area contributed by atoms with Gasteiger partial charge in [-0.1, -0.05) is 11.6 Å². The predicted octanol–water partition coefficient (Wildman–Crippen LogP) is 3.37. The second kappa shape index (κ2) is 6.07. The van der Waals surface area contributed by atoms with Gasteiger partial charge in [0.2, 0.25) is 0 Å². The number of hydrogen-bond acceptors (Lipinski definition) is 3. The number of thioether (sulfide) groups is 1. The van der Waals surface area contributed by atoms with E-state index in [1.165, 1.54) is 0 Å². The van der Waals surface area contributed by atoms with E-state index in [1.54, 1.807) is 24.0 Å². The van der Waals surface area contributed by atoms with Crippen LogP contribution in [0.3, 0.4) is 0 Å². The summed E-state index contributed by atoms with van der Waals surface area (Å²) in [5, 5.41) is 3.07. The average molecular weight is 338 g/mol. The van der Waals surface area contributed by atoms with Gasteiger partial charge in [0.1, 0.15) is 5.15 Å². The molecule has 1 amide bonds. The van der Waals surface area contributed by atoms with E-state index >= 15 is 0 Å². The molecule has 0 bridgehead atoms. The summed E-state index contributed by atoms with van der Waals surface area (Å²) in [6, 6.07) is 1.66. The van der Waals surface area contributed by atoms with Crippen molar-refractivity contribution in [1.29, 1.82) is 0 Å². The molecule has 0 atom stereocenters. The summed E-state index contributed by atoms with van der Waals surface area (Å²) in [6.45, 7) is 4.72. The van der Waals surface area contributed by atoms with Crippen LogP contribution in [-0.2, 0) is 0 Å². The van der Waals surface area contributed by atoms with Gasteiger partial charge < -0.3 is 5.32 Å². The highest BCUT2D eigenvalue weighted by molar-refractivity contribution is 9.10. The van der Waals surface area contributed by atoms with Crippen molar-refractivity contribution in [2.75, 3.05) is 12.8 Å². The maximum absolute atomic E-state index is 11.9. The lowest BCUT2D eigenvalue weighted by atomic mass is 10.2. The molecular weight excluding hydrogens is 324 g/mol. The second-order valence-corrected chi connectivity index (χ2v) is 6.93. The van der Waals surface area contributed by atoms with Gasteiger partial charge >= 0.3 is 0 Å². The van der Waals surface area contributed by atoms with E-state index in [1.807, 2.05) is 6.26 Å². The molecular formula is C11H14BrClN2OS. The molecule has 0 aliphatic carbocycles. The van der Waals surface area contributed by atoms with Gasteiger partial charge in [-0.25, -0.2) is 4.98 Å². The van der Waals surface area contributed by atoms with Crippen molar-refractivity contribution < 1.29 is 4.79 Å². The van der Waals surface area contributed by atoms with Gasteiger partial charge in [0.05, 0.1) is 5.56 Å². The highest BCUT2D eigenvalue weighted by Gasteiger charge is 2.19. The Hall–Kier alpha value is -0.260. The van der Waals surface area contributed by atoms with Crippen molar-refractivity contribution in [2.24, 2.45) is 0 Å². The summed E-state index contributed by atoms with van der Waals surface area (Å²) in [4.78, 5) is 15.8. The number of aromatic nitrogens is 1. The number of nitrogens with one attached hydrogen (secondary N) is 1. The first-order chi connectivity index (χ1) is 7.85. The SMILES string of the molecule is CSC(C)(C)CNC(=O)c1cc(Br)cnc1Cl. The number of pyridine rings is 1. The van der Waals surface area contributed by atoms with E-state index < -0.39 is 0 Å². The normalized spacial score (nSPS) is 11.4. The van der Waals surface area contributed by atoms with Crippen LogP contribution in [0.4, 0.5) is 0 Å². The first-order valence-corrected chi connectivity index (χ1v) is 7.40. The van der Waals surface area contributed by atoms with Crippen LogP contribution in [-0.4, -0.2) is 28.4 Å². The number of carbonyl (C=O) groups is 1. The first kappa shape index (κ1) is 14.8. The molecule has 1 rings (SSSR count). The smallest absolute Gasteiger partial charge is 0.254 e. The van der Waals surface area contributed by atoms with Crippen LogP contribution in [0.2, 0.25) is 5.15 Å². The van der Waals surface area contributed by atoms with Crippen molar-refractivity contribution >= 4 is 45.2 Å². The zero-order valence-electron chi connectivity index (χ0n) is 9.88. The van der Waals surface area contributed by atoms with E-state index in [-0.39, 0.29) is 15.8 Å². The molecule has 0 aromatic carbocycles. The molecule has 0 aliphatic heterocycles. The van der Waals surface area contributed by atoms with E-state index in [9.17, 15) is 4.79 Å². The van der Waals surface area contributed by atoms with Gasteiger partial charge in [-0.2, -0.15) is 11.8 Å². The topological polar surface area (TPSA) is 42.0 Å². The van der Waals surface area contributed by atoms with Crippen molar-refractivity contribution in [3.63, 3.8) is 0 Å². The molecule has 3 nitrogen and oxygen atoms in total. The third-order valence-corrected chi connectivity index (χ3v) is 4.26. The third-order valence-electron chi connectivity index (χ3n) is 2.28. The molecule has 1 heterocycles. The van der Waals surface area contributed by atoms with Crippen molar-refractivity contribution in [3.8, 4) is 0 Å². The first-order valence-electron chi connectivity index (χ1n) is 5.00. The van der Waals surface area contributed by atoms with Crippen molar-refractivity contribution in [3.05, 3.63) is 27.5 Å². The minimum atomic E-state index is -0.203. The number of halogens is 2. The fourth-order valence-electron chi connectivity index (χ4n) is 1.04. The molecule has 1 aromatic heterocycles. The van der Waals surface area contributed by atoms with Crippen LogP contribution in [0.5, 0.6) is 0 Å². The molecule has 0 radical (unpaired) electrons. The summed E-state index contributed by atoms with van der Waals surface area (Å²) >= 11 is 10.8. The predicted molar refractivity (Wildman–Crippen MR) is 76.9 cm³/mol. The number of rotatable bonds is 4. The molecule has 0 aliphatic rings. The third kappa shape index (κ3) is 4.48. The van der Waals surface area contributed by atoms with Crippen molar-refractivity contribution in [1.82, 2.24) is 10.3 Å². The van der Waals surface area contributed by atoms with Gasteiger partial charge in [-0.3, -0.25) is 4.79 Å². The highest BCUT2D eigenvalue weighted by Crippen LogP contribution is 2.21. The minimum absolute atomic E-state index is 0.00156. The Morgan fingerprint density at radius 3 is 2.88 bits per heavy atom. The molecule has 0 spiro atoms.